The quantitative estimate of drug-likeness (QED) is 0.753. The van der Waals surface area contributed by atoms with Crippen molar-refractivity contribution in [2.75, 3.05) is 20.3 Å². The molecule has 0 atom stereocenters. The first-order valence-electron chi connectivity index (χ1n) is 8.20. The molecule has 0 aromatic heterocycles. The number of methoxy groups -OCH3 is 1. The number of hydrogen-bond donors (Lipinski definition) is 1. The topological polar surface area (TPSA) is 56.8 Å². The molecule has 0 saturated heterocycles. The summed E-state index contributed by atoms with van der Waals surface area (Å²) in [6, 6.07) is 9.94. The predicted molar refractivity (Wildman–Crippen MR) is 92.9 cm³/mol. The third-order valence-corrected chi connectivity index (χ3v) is 3.57. The molecule has 1 amide bonds. The highest BCUT2D eigenvalue weighted by molar-refractivity contribution is 5.77. The van der Waals surface area contributed by atoms with Crippen LogP contribution in [-0.4, -0.2) is 26.2 Å². The first-order valence-corrected chi connectivity index (χ1v) is 8.20. The van der Waals surface area contributed by atoms with Gasteiger partial charge in [-0.25, -0.2) is 0 Å². The van der Waals surface area contributed by atoms with Crippen molar-refractivity contribution in [2.24, 2.45) is 0 Å². The first kappa shape index (κ1) is 20.4. The van der Waals surface area contributed by atoms with Gasteiger partial charge in [0.2, 0.25) is 0 Å². The molecule has 2 aromatic rings. The van der Waals surface area contributed by atoms with Gasteiger partial charge in [-0.05, 0) is 36.8 Å². The van der Waals surface area contributed by atoms with E-state index in [0.29, 0.717) is 18.1 Å². The monoisotopic (exact) mass is 383 g/mol. The Balaban J connectivity index is 1.92. The van der Waals surface area contributed by atoms with Crippen molar-refractivity contribution in [3.8, 4) is 17.2 Å². The maximum absolute atomic E-state index is 12.9. The summed E-state index contributed by atoms with van der Waals surface area (Å²) < 4.78 is 54.4. The van der Waals surface area contributed by atoms with Crippen LogP contribution in [0.1, 0.15) is 18.1 Å². The Kier molecular flexibility index (Phi) is 6.92. The smallest absolute Gasteiger partial charge is 0.419 e. The molecule has 0 bridgehead atoms. The van der Waals surface area contributed by atoms with E-state index in [1.807, 2.05) is 6.92 Å². The number of halogens is 3. The summed E-state index contributed by atoms with van der Waals surface area (Å²) in [5.74, 6) is 0.184. The molecular formula is C19H20F3NO4. The Morgan fingerprint density at radius 2 is 1.78 bits per heavy atom. The summed E-state index contributed by atoms with van der Waals surface area (Å²) in [5.41, 5.74) is -0.173. The number of hydrogen-bond acceptors (Lipinski definition) is 4. The standard InChI is InChI=1S/C19H20F3NO4/c1-3-26-16-9-8-13(10-17(16)25-2)11-23-18(24)12-27-15-7-5-4-6-14(15)19(20,21)22/h4-10H,3,11-12H2,1-2H3,(H,23,24). The largest absolute Gasteiger partial charge is 0.493 e. The van der Waals surface area contributed by atoms with Gasteiger partial charge in [-0.15, -0.1) is 0 Å². The van der Waals surface area contributed by atoms with Gasteiger partial charge in [0.1, 0.15) is 5.75 Å². The molecular weight excluding hydrogens is 363 g/mol. The number of carbonyl (C=O) groups is 1. The molecule has 2 rings (SSSR count). The molecule has 5 nitrogen and oxygen atoms in total. The van der Waals surface area contributed by atoms with Crippen molar-refractivity contribution in [3.05, 3.63) is 53.6 Å². The lowest BCUT2D eigenvalue weighted by molar-refractivity contribution is -0.139. The number of ether oxygens (including phenoxy) is 3. The van der Waals surface area contributed by atoms with Crippen LogP contribution in [0.15, 0.2) is 42.5 Å². The molecule has 27 heavy (non-hydrogen) atoms. The van der Waals surface area contributed by atoms with Crippen molar-refractivity contribution >= 4 is 5.91 Å². The molecule has 0 spiro atoms. The zero-order valence-corrected chi connectivity index (χ0v) is 14.9. The SMILES string of the molecule is CCOc1ccc(CNC(=O)COc2ccccc2C(F)(F)F)cc1OC. The molecule has 0 unspecified atom stereocenters. The fourth-order valence-corrected chi connectivity index (χ4v) is 2.32. The predicted octanol–water partition coefficient (Wildman–Crippen LogP) is 3.81. The molecule has 8 heteroatoms. The molecule has 146 valence electrons. The fraction of sp³-hybridized carbons (Fsp3) is 0.316. The van der Waals surface area contributed by atoms with Crippen LogP contribution in [0.3, 0.4) is 0 Å². The normalized spacial score (nSPS) is 11.0. The van der Waals surface area contributed by atoms with Crippen LogP contribution in [0.25, 0.3) is 0 Å². The van der Waals surface area contributed by atoms with Crippen molar-refractivity contribution in [1.82, 2.24) is 5.32 Å². The fourth-order valence-electron chi connectivity index (χ4n) is 2.32. The lowest BCUT2D eigenvalue weighted by Gasteiger charge is -2.14. The first-order chi connectivity index (χ1) is 12.8. The molecule has 0 radical (unpaired) electrons. The number of nitrogens with one attached hydrogen (secondary N) is 1. The summed E-state index contributed by atoms with van der Waals surface area (Å²) in [6.45, 7) is 1.99. The zero-order chi connectivity index (χ0) is 19.9. The number of rotatable bonds is 8. The second-order valence-corrected chi connectivity index (χ2v) is 5.48. The van der Waals surface area contributed by atoms with Gasteiger partial charge in [0, 0.05) is 6.54 Å². The van der Waals surface area contributed by atoms with Gasteiger partial charge < -0.3 is 19.5 Å². The zero-order valence-electron chi connectivity index (χ0n) is 14.9. The summed E-state index contributed by atoms with van der Waals surface area (Å²) in [5, 5.41) is 2.59. The Hall–Kier alpha value is -2.90. The number of alkyl halides is 3. The van der Waals surface area contributed by atoms with Crippen LogP contribution >= 0.6 is 0 Å². The van der Waals surface area contributed by atoms with E-state index < -0.39 is 24.3 Å². The van der Waals surface area contributed by atoms with Gasteiger partial charge in [-0.3, -0.25) is 4.79 Å². The molecule has 2 aromatic carbocycles. The number of amides is 1. The van der Waals surface area contributed by atoms with E-state index in [-0.39, 0.29) is 12.3 Å². The van der Waals surface area contributed by atoms with Gasteiger partial charge in [-0.2, -0.15) is 13.2 Å². The van der Waals surface area contributed by atoms with Gasteiger partial charge in [0.05, 0.1) is 19.3 Å². The highest BCUT2D eigenvalue weighted by Gasteiger charge is 2.34. The second-order valence-electron chi connectivity index (χ2n) is 5.48. The Morgan fingerprint density at radius 1 is 1.04 bits per heavy atom. The van der Waals surface area contributed by atoms with E-state index in [1.165, 1.54) is 25.3 Å². The number of carbonyl (C=O) groups excluding carboxylic acids is 1. The van der Waals surface area contributed by atoms with Gasteiger partial charge in [-0.1, -0.05) is 18.2 Å². The Labute approximate surface area is 155 Å². The molecule has 1 N–H and O–H groups in total. The van der Waals surface area contributed by atoms with Gasteiger partial charge in [0.15, 0.2) is 18.1 Å². The van der Waals surface area contributed by atoms with Crippen LogP contribution in [0.4, 0.5) is 13.2 Å². The van der Waals surface area contributed by atoms with Gasteiger partial charge in [0.25, 0.3) is 5.91 Å². The minimum atomic E-state index is -4.55. The minimum absolute atomic E-state index is 0.172. The highest BCUT2D eigenvalue weighted by Crippen LogP contribution is 2.35. The average Bonchev–Trinajstić information content (AvgIpc) is 2.65. The molecule has 0 fully saturated rings. The third kappa shape index (κ3) is 5.80. The Bertz CT molecular complexity index is 778. The van der Waals surface area contributed by atoms with E-state index in [4.69, 9.17) is 14.2 Å². The molecule has 0 saturated carbocycles. The molecule has 0 aliphatic carbocycles. The van der Waals surface area contributed by atoms with Crippen LogP contribution in [-0.2, 0) is 17.5 Å². The second kappa shape index (κ2) is 9.16. The van der Waals surface area contributed by atoms with Crippen molar-refractivity contribution in [2.45, 2.75) is 19.6 Å². The maximum Gasteiger partial charge on any atom is 0.419 e. The highest BCUT2D eigenvalue weighted by atomic mass is 19.4. The number of benzene rings is 2. The molecule has 0 aliphatic rings. The van der Waals surface area contributed by atoms with Crippen LogP contribution in [0, 0.1) is 0 Å². The lowest BCUT2D eigenvalue weighted by atomic mass is 10.2. The van der Waals surface area contributed by atoms with Crippen LogP contribution < -0.4 is 19.5 Å². The van der Waals surface area contributed by atoms with E-state index in [2.05, 4.69) is 5.32 Å². The molecule has 0 heterocycles. The van der Waals surface area contributed by atoms with Crippen molar-refractivity contribution in [3.63, 3.8) is 0 Å². The van der Waals surface area contributed by atoms with E-state index in [0.717, 1.165) is 11.6 Å². The Morgan fingerprint density at radius 3 is 2.44 bits per heavy atom. The van der Waals surface area contributed by atoms with Crippen LogP contribution in [0.5, 0.6) is 17.2 Å². The van der Waals surface area contributed by atoms with E-state index in [1.54, 1.807) is 18.2 Å². The van der Waals surface area contributed by atoms with E-state index >= 15 is 0 Å². The van der Waals surface area contributed by atoms with Crippen LogP contribution in [0.2, 0.25) is 0 Å². The molecule has 0 aliphatic heterocycles. The summed E-state index contributed by atoms with van der Waals surface area (Å²) in [4.78, 5) is 11.9. The minimum Gasteiger partial charge on any atom is -0.493 e. The summed E-state index contributed by atoms with van der Waals surface area (Å²) in [6.07, 6.45) is -4.55. The van der Waals surface area contributed by atoms with Gasteiger partial charge >= 0.3 is 6.18 Å². The lowest BCUT2D eigenvalue weighted by Crippen LogP contribution is -2.28. The number of para-hydroxylation sites is 1. The van der Waals surface area contributed by atoms with Crippen molar-refractivity contribution in [1.29, 1.82) is 0 Å². The van der Waals surface area contributed by atoms with E-state index in [9.17, 15) is 18.0 Å². The summed E-state index contributed by atoms with van der Waals surface area (Å²) in [7, 11) is 1.51. The summed E-state index contributed by atoms with van der Waals surface area (Å²) >= 11 is 0. The average molecular weight is 383 g/mol. The third-order valence-electron chi connectivity index (χ3n) is 3.57. The maximum atomic E-state index is 12.9. The van der Waals surface area contributed by atoms with Crippen molar-refractivity contribution < 1.29 is 32.2 Å².